The van der Waals surface area contributed by atoms with Gasteiger partial charge in [0.05, 0.1) is 0 Å². The number of fused-ring (bicyclic) bond motifs is 1. The first-order valence-electron chi connectivity index (χ1n) is 6.15. The Morgan fingerprint density at radius 1 is 1.35 bits per heavy atom. The summed E-state index contributed by atoms with van der Waals surface area (Å²) < 4.78 is 0. The summed E-state index contributed by atoms with van der Waals surface area (Å²) >= 11 is 0. The molecule has 0 N–H and O–H groups in total. The van der Waals surface area contributed by atoms with E-state index in [1.807, 2.05) is 31.2 Å². The molecular formula is C15H18O2. The van der Waals surface area contributed by atoms with Crippen molar-refractivity contribution >= 4 is 11.6 Å². The second-order valence-corrected chi connectivity index (χ2v) is 5.28. The first-order chi connectivity index (χ1) is 8.03. The average molecular weight is 230 g/mol. The largest absolute Gasteiger partial charge is 0.300 e. The van der Waals surface area contributed by atoms with E-state index >= 15 is 0 Å². The SMILES string of the molecule is CC(=O)C[C@]1(C)CCCc2ccccc2C1=O. The zero-order valence-electron chi connectivity index (χ0n) is 10.5. The van der Waals surface area contributed by atoms with Crippen molar-refractivity contribution < 1.29 is 9.59 Å². The number of rotatable bonds is 2. The van der Waals surface area contributed by atoms with Crippen LogP contribution in [0.4, 0.5) is 0 Å². The van der Waals surface area contributed by atoms with Gasteiger partial charge in [0, 0.05) is 17.4 Å². The Kier molecular flexibility index (Phi) is 3.14. The van der Waals surface area contributed by atoms with Crippen LogP contribution in [0.25, 0.3) is 0 Å². The Hall–Kier alpha value is -1.44. The van der Waals surface area contributed by atoms with Crippen LogP contribution in [0.15, 0.2) is 24.3 Å². The highest BCUT2D eigenvalue weighted by Gasteiger charge is 2.37. The molecule has 0 aromatic heterocycles. The first kappa shape index (κ1) is 12.0. The van der Waals surface area contributed by atoms with Gasteiger partial charge in [-0.2, -0.15) is 0 Å². The van der Waals surface area contributed by atoms with Crippen LogP contribution in [0, 0.1) is 5.41 Å². The maximum absolute atomic E-state index is 12.5. The zero-order chi connectivity index (χ0) is 12.5. The molecule has 0 heterocycles. The second kappa shape index (κ2) is 4.44. The molecule has 1 aromatic rings. The number of aryl methyl sites for hydroxylation is 1. The fraction of sp³-hybridized carbons (Fsp3) is 0.467. The van der Waals surface area contributed by atoms with Gasteiger partial charge in [-0.1, -0.05) is 31.2 Å². The Morgan fingerprint density at radius 2 is 2.06 bits per heavy atom. The molecular weight excluding hydrogens is 212 g/mol. The van der Waals surface area contributed by atoms with Crippen molar-refractivity contribution in [3.05, 3.63) is 35.4 Å². The quantitative estimate of drug-likeness (QED) is 0.731. The van der Waals surface area contributed by atoms with Crippen molar-refractivity contribution in [1.29, 1.82) is 0 Å². The van der Waals surface area contributed by atoms with Gasteiger partial charge in [0.2, 0.25) is 0 Å². The molecule has 0 spiro atoms. The topological polar surface area (TPSA) is 34.1 Å². The van der Waals surface area contributed by atoms with Crippen LogP contribution >= 0.6 is 0 Å². The summed E-state index contributed by atoms with van der Waals surface area (Å²) in [6.07, 6.45) is 3.09. The van der Waals surface area contributed by atoms with E-state index in [9.17, 15) is 9.59 Å². The predicted molar refractivity (Wildman–Crippen MR) is 67.1 cm³/mol. The molecule has 17 heavy (non-hydrogen) atoms. The summed E-state index contributed by atoms with van der Waals surface area (Å²) in [6, 6.07) is 7.78. The predicted octanol–water partition coefficient (Wildman–Crippen LogP) is 3.19. The van der Waals surface area contributed by atoms with Gasteiger partial charge < -0.3 is 0 Å². The molecule has 90 valence electrons. The molecule has 0 saturated heterocycles. The second-order valence-electron chi connectivity index (χ2n) is 5.28. The summed E-state index contributed by atoms with van der Waals surface area (Å²) in [5, 5.41) is 0. The molecule has 0 bridgehead atoms. The highest BCUT2D eigenvalue weighted by Crippen LogP contribution is 2.36. The summed E-state index contributed by atoms with van der Waals surface area (Å²) in [5.74, 6) is 0.237. The van der Waals surface area contributed by atoms with E-state index in [0.29, 0.717) is 6.42 Å². The van der Waals surface area contributed by atoms with Gasteiger partial charge >= 0.3 is 0 Å². The highest BCUT2D eigenvalue weighted by molar-refractivity contribution is 6.03. The van der Waals surface area contributed by atoms with Gasteiger partial charge in [-0.15, -0.1) is 0 Å². The van der Waals surface area contributed by atoms with Gasteiger partial charge in [0.15, 0.2) is 5.78 Å². The van der Waals surface area contributed by atoms with Gasteiger partial charge in [-0.05, 0) is 31.7 Å². The molecule has 0 unspecified atom stereocenters. The molecule has 2 heteroatoms. The van der Waals surface area contributed by atoms with Gasteiger partial charge in [0.25, 0.3) is 0 Å². The van der Waals surface area contributed by atoms with Crippen LogP contribution in [0.3, 0.4) is 0 Å². The molecule has 1 aliphatic rings. The minimum Gasteiger partial charge on any atom is -0.300 e. The normalized spacial score (nSPS) is 24.0. The van der Waals surface area contributed by atoms with E-state index in [1.54, 1.807) is 6.92 Å². The maximum atomic E-state index is 12.5. The summed E-state index contributed by atoms with van der Waals surface area (Å²) in [6.45, 7) is 3.49. The maximum Gasteiger partial charge on any atom is 0.169 e. The minimum atomic E-state index is -0.502. The third-order valence-electron chi connectivity index (χ3n) is 3.62. The molecule has 0 fully saturated rings. The van der Waals surface area contributed by atoms with Gasteiger partial charge in [-0.3, -0.25) is 9.59 Å². The zero-order valence-corrected chi connectivity index (χ0v) is 10.5. The van der Waals surface area contributed by atoms with Crippen molar-refractivity contribution in [3.63, 3.8) is 0 Å². The van der Waals surface area contributed by atoms with Crippen molar-refractivity contribution in [3.8, 4) is 0 Å². The molecule has 1 aromatic carbocycles. The fourth-order valence-corrected chi connectivity index (χ4v) is 2.79. The van der Waals surface area contributed by atoms with Crippen molar-refractivity contribution in [2.45, 2.75) is 39.5 Å². The number of benzene rings is 1. The standard InChI is InChI=1S/C15H18O2/c1-11(16)10-15(2)9-5-7-12-6-3-4-8-13(12)14(15)17/h3-4,6,8H,5,7,9-10H2,1-2H3/t15-/m0/s1. The number of ketones is 2. The van der Waals surface area contributed by atoms with Crippen LogP contribution in [-0.2, 0) is 11.2 Å². The Labute approximate surface area is 102 Å². The lowest BCUT2D eigenvalue weighted by molar-refractivity contribution is -0.118. The van der Waals surface area contributed by atoms with Crippen molar-refractivity contribution in [2.75, 3.05) is 0 Å². The van der Waals surface area contributed by atoms with Crippen LogP contribution in [-0.4, -0.2) is 11.6 Å². The lowest BCUT2D eigenvalue weighted by Crippen LogP contribution is -2.29. The van der Waals surface area contributed by atoms with Crippen LogP contribution in [0.1, 0.15) is 49.0 Å². The first-order valence-corrected chi connectivity index (χ1v) is 6.15. The van der Waals surface area contributed by atoms with E-state index in [2.05, 4.69) is 0 Å². The van der Waals surface area contributed by atoms with Gasteiger partial charge in [0.1, 0.15) is 5.78 Å². The molecule has 0 aliphatic heterocycles. The Morgan fingerprint density at radius 3 is 2.76 bits per heavy atom. The van der Waals surface area contributed by atoms with Crippen LogP contribution in [0.5, 0.6) is 0 Å². The smallest absolute Gasteiger partial charge is 0.169 e. The molecule has 1 aliphatic carbocycles. The Balaban J connectivity index is 2.41. The molecule has 0 amide bonds. The minimum absolute atomic E-state index is 0.0974. The van der Waals surface area contributed by atoms with Crippen molar-refractivity contribution in [2.24, 2.45) is 5.41 Å². The van der Waals surface area contributed by atoms with E-state index in [0.717, 1.165) is 30.4 Å². The average Bonchev–Trinajstić information content (AvgIpc) is 2.38. The molecule has 2 nitrogen and oxygen atoms in total. The number of carbonyl (C=O) groups is 2. The third kappa shape index (κ3) is 2.31. The Bertz CT molecular complexity index is 462. The monoisotopic (exact) mass is 230 g/mol. The third-order valence-corrected chi connectivity index (χ3v) is 3.62. The molecule has 1 atom stereocenters. The van der Waals surface area contributed by atoms with E-state index in [1.165, 1.54) is 0 Å². The summed E-state index contributed by atoms with van der Waals surface area (Å²) in [7, 11) is 0. The molecule has 2 rings (SSSR count). The summed E-state index contributed by atoms with van der Waals surface area (Å²) in [4.78, 5) is 23.9. The van der Waals surface area contributed by atoms with E-state index in [4.69, 9.17) is 0 Å². The number of hydrogen-bond donors (Lipinski definition) is 0. The number of hydrogen-bond acceptors (Lipinski definition) is 2. The van der Waals surface area contributed by atoms with E-state index in [-0.39, 0.29) is 11.6 Å². The summed E-state index contributed by atoms with van der Waals surface area (Å²) in [5.41, 5.74) is 1.44. The molecule has 0 radical (unpaired) electrons. The van der Waals surface area contributed by atoms with Gasteiger partial charge in [-0.25, -0.2) is 0 Å². The highest BCUT2D eigenvalue weighted by atomic mass is 16.1. The fourth-order valence-electron chi connectivity index (χ4n) is 2.79. The number of Topliss-reactive ketones (excluding diaryl/α,β-unsaturated/α-hetero) is 2. The lowest BCUT2D eigenvalue weighted by atomic mass is 9.76. The van der Waals surface area contributed by atoms with E-state index < -0.39 is 5.41 Å². The van der Waals surface area contributed by atoms with Crippen LogP contribution in [0.2, 0.25) is 0 Å². The lowest BCUT2D eigenvalue weighted by Gasteiger charge is -2.25. The van der Waals surface area contributed by atoms with Crippen molar-refractivity contribution in [1.82, 2.24) is 0 Å². The van der Waals surface area contributed by atoms with Crippen LogP contribution < -0.4 is 0 Å². The molecule has 0 saturated carbocycles. The number of carbonyl (C=O) groups excluding carboxylic acids is 2.